The number of amides is 3. The van der Waals surface area contributed by atoms with Crippen LogP contribution in [-0.4, -0.2) is 77.9 Å². The third kappa shape index (κ3) is 4.14. The van der Waals surface area contributed by atoms with Crippen LogP contribution >= 0.6 is 0 Å². The number of likely N-dealkylation sites (tertiary alicyclic amines) is 1. The molecule has 2 saturated heterocycles. The molecule has 130 valence electrons. The summed E-state index contributed by atoms with van der Waals surface area (Å²) in [6, 6.07) is 0. The molecule has 0 aliphatic carbocycles. The lowest BCUT2D eigenvalue weighted by Crippen LogP contribution is -2.54. The van der Waals surface area contributed by atoms with E-state index in [4.69, 9.17) is 0 Å². The van der Waals surface area contributed by atoms with Crippen molar-refractivity contribution in [2.24, 2.45) is 5.92 Å². The molecule has 2 aliphatic heterocycles. The van der Waals surface area contributed by atoms with Gasteiger partial charge in [-0.1, -0.05) is 0 Å². The normalized spacial score (nSPS) is 23.0. The van der Waals surface area contributed by atoms with Crippen LogP contribution in [0.4, 0.5) is 13.2 Å². The van der Waals surface area contributed by atoms with Crippen LogP contribution in [0.3, 0.4) is 0 Å². The standard InChI is InChI=1S/C14H20F3N3O3/c1-10(21)18-5-7-19(8-6-18)12(22)11-3-2-4-20(9-11)13(23)14(15,16)17/h11H,2-9H2,1H3. The fourth-order valence-corrected chi connectivity index (χ4v) is 3.04. The van der Waals surface area contributed by atoms with Gasteiger partial charge in [0.25, 0.3) is 0 Å². The van der Waals surface area contributed by atoms with Gasteiger partial charge in [-0.3, -0.25) is 14.4 Å². The zero-order valence-corrected chi connectivity index (χ0v) is 12.9. The number of hydrogen-bond donors (Lipinski definition) is 0. The van der Waals surface area contributed by atoms with Crippen molar-refractivity contribution in [1.82, 2.24) is 14.7 Å². The molecular weight excluding hydrogens is 315 g/mol. The number of rotatable bonds is 1. The zero-order chi connectivity index (χ0) is 17.2. The average molecular weight is 335 g/mol. The Hall–Kier alpha value is -1.80. The first kappa shape index (κ1) is 17.6. The van der Waals surface area contributed by atoms with E-state index in [9.17, 15) is 27.6 Å². The number of piperazine rings is 1. The predicted molar refractivity (Wildman–Crippen MR) is 74.2 cm³/mol. The minimum absolute atomic E-state index is 0.0280. The summed E-state index contributed by atoms with van der Waals surface area (Å²) in [7, 11) is 0. The summed E-state index contributed by atoms with van der Waals surface area (Å²) in [6.45, 7) is 2.91. The summed E-state index contributed by atoms with van der Waals surface area (Å²) in [5, 5.41) is 0. The van der Waals surface area contributed by atoms with Gasteiger partial charge in [-0.05, 0) is 12.8 Å². The van der Waals surface area contributed by atoms with Crippen molar-refractivity contribution in [3.8, 4) is 0 Å². The third-order valence-corrected chi connectivity index (χ3v) is 4.34. The quantitative estimate of drug-likeness (QED) is 0.700. The largest absolute Gasteiger partial charge is 0.471 e. The average Bonchev–Trinajstić information content (AvgIpc) is 2.52. The van der Waals surface area contributed by atoms with Crippen molar-refractivity contribution in [2.75, 3.05) is 39.3 Å². The number of nitrogens with zero attached hydrogens (tertiary/aromatic N) is 3. The number of carbonyl (C=O) groups excluding carboxylic acids is 3. The SMILES string of the molecule is CC(=O)N1CCN(C(=O)C2CCCN(C(=O)C(F)(F)F)C2)CC1. The first-order chi connectivity index (χ1) is 10.7. The molecular formula is C14H20F3N3O3. The molecule has 0 spiro atoms. The molecule has 2 aliphatic rings. The minimum atomic E-state index is -4.90. The summed E-state index contributed by atoms with van der Waals surface area (Å²) in [6.07, 6.45) is -4.04. The highest BCUT2D eigenvalue weighted by Gasteiger charge is 2.44. The van der Waals surface area contributed by atoms with E-state index in [-0.39, 0.29) is 24.9 Å². The number of carbonyl (C=O) groups is 3. The summed E-state index contributed by atoms with van der Waals surface area (Å²) in [5.74, 6) is -2.76. The molecule has 2 heterocycles. The molecule has 1 atom stereocenters. The Bertz CT molecular complexity index is 487. The highest BCUT2D eigenvalue weighted by atomic mass is 19.4. The van der Waals surface area contributed by atoms with Gasteiger partial charge in [0.15, 0.2) is 0 Å². The molecule has 9 heteroatoms. The number of halogens is 3. The Kier molecular flexibility index (Phi) is 5.16. The van der Waals surface area contributed by atoms with Crippen molar-refractivity contribution < 1.29 is 27.6 Å². The van der Waals surface area contributed by atoms with E-state index in [1.807, 2.05) is 0 Å². The highest BCUT2D eigenvalue weighted by molar-refractivity contribution is 5.84. The second-order valence-corrected chi connectivity index (χ2v) is 5.92. The van der Waals surface area contributed by atoms with Crippen molar-refractivity contribution in [3.63, 3.8) is 0 Å². The second kappa shape index (κ2) is 6.76. The Labute approximate surface area is 132 Å². The molecule has 3 amide bonds. The minimum Gasteiger partial charge on any atom is -0.339 e. The van der Waals surface area contributed by atoms with Gasteiger partial charge >= 0.3 is 12.1 Å². The summed E-state index contributed by atoms with van der Waals surface area (Å²) < 4.78 is 37.5. The van der Waals surface area contributed by atoms with E-state index in [0.29, 0.717) is 39.0 Å². The van der Waals surface area contributed by atoms with Gasteiger partial charge < -0.3 is 14.7 Å². The lowest BCUT2D eigenvalue weighted by atomic mass is 9.96. The molecule has 0 radical (unpaired) electrons. The topological polar surface area (TPSA) is 60.9 Å². The van der Waals surface area contributed by atoms with Crippen LogP contribution in [0.25, 0.3) is 0 Å². The maximum absolute atomic E-state index is 12.5. The Morgan fingerprint density at radius 2 is 1.48 bits per heavy atom. The molecule has 0 aromatic heterocycles. The summed E-state index contributed by atoms with van der Waals surface area (Å²) in [5.41, 5.74) is 0. The van der Waals surface area contributed by atoms with E-state index in [1.54, 1.807) is 9.80 Å². The molecule has 0 aromatic carbocycles. The molecule has 1 unspecified atom stereocenters. The van der Waals surface area contributed by atoms with Gasteiger partial charge in [0.05, 0.1) is 5.92 Å². The van der Waals surface area contributed by atoms with E-state index < -0.39 is 18.0 Å². The van der Waals surface area contributed by atoms with Crippen LogP contribution in [0.1, 0.15) is 19.8 Å². The molecule has 0 bridgehead atoms. The molecule has 23 heavy (non-hydrogen) atoms. The Balaban J connectivity index is 1.92. The summed E-state index contributed by atoms with van der Waals surface area (Å²) >= 11 is 0. The Morgan fingerprint density at radius 1 is 0.913 bits per heavy atom. The molecule has 0 N–H and O–H groups in total. The lowest BCUT2D eigenvalue weighted by Gasteiger charge is -2.38. The van der Waals surface area contributed by atoms with Gasteiger partial charge in [-0.2, -0.15) is 13.2 Å². The molecule has 6 nitrogen and oxygen atoms in total. The molecule has 2 fully saturated rings. The van der Waals surface area contributed by atoms with Crippen LogP contribution in [0.15, 0.2) is 0 Å². The lowest BCUT2D eigenvalue weighted by molar-refractivity contribution is -0.187. The van der Waals surface area contributed by atoms with Gasteiger partial charge in [0.1, 0.15) is 0 Å². The Morgan fingerprint density at radius 3 is 2.00 bits per heavy atom. The first-order valence-corrected chi connectivity index (χ1v) is 7.60. The first-order valence-electron chi connectivity index (χ1n) is 7.60. The maximum Gasteiger partial charge on any atom is 0.471 e. The fraction of sp³-hybridized carbons (Fsp3) is 0.786. The van der Waals surface area contributed by atoms with Crippen LogP contribution in [0, 0.1) is 5.92 Å². The van der Waals surface area contributed by atoms with Crippen LogP contribution < -0.4 is 0 Å². The summed E-state index contributed by atoms with van der Waals surface area (Å²) in [4.78, 5) is 38.9. The van der Waals surface area contributed by atoms with Crippen LogP contribution in [0.5, 0.6) is 0 Å². The van der Waals surface area contributed by atoms with Gasteiger partial charge in [0, 0.05) is 46.2 Å². The van der Waals surface area contributed by atoms with Crippen molar-refractivity contribution in [3.05, 3.63) is 0 Å². The van der Waals surface area contributed by atoms with Crippen LogP contribution in [-0.2, 0) is 14.4 Å². The van der Waals surface area contributed by atoms with E-state index in [1.165, 1.54) is 6.92 Å². The number of piperidine rings is 1. The van der Waals surface area contributed by atoms with E-state index in [2.05, 4.69) is 0 Å². The number of hydrogen-bond acceptors (Lipinski definition) is 3. The van der Waals surface area contributed by atoms with Gasteiger partial charge in [0.2, 0.25) is 11.8 Å². The van der Waals surface area contributed by atoms with Crippen molar-refractivity contribution >= 4 is 17.7 Å². The highest BCUT2D eigenvalue weighted by Crippen LogP contribution is 2.25. The predicted octanol–water partition coefficient (Wildman–Crippen LogP) is 0.478. The molecule has 0 saturated carbocycles. The fourth-order valence-electron chi connectivity index (χ4n) is 3.04. The number of alkyl halides is 3. The third-order valence-electron chi connectivity index (χ3n) is 4.34. The zero-order valence-electron chi connectivity index (χ0n) is 12.9. The van der Waals surface area contributed by atoms with E-state index in [0.717, 1.165) is 4.90 Å². The van der Waals surface area contributed by atoms with E-state index >= 15 is 0 Å². The van der Waals surface area contributed by atoms with Crippen molar-refractivity contribution in [1.29, 1.82) is 0 Å². The van der Waals surface area contributed by atoms with Crippen LogP contribution in [0.2, 0.25) is 0 Å². The monoisotopic (exact) mass is 335 g/mol. The second-order valence-electron chi connectivity index (χ2n) is 5.92. The molecule has 2 rings (SSSR count). The molecule has 0 aromatic rings. The van der Waals surface area contributed by atoms with Crippen molar-refractivity contribution in [2.45, 2.75) is 25.9 Å². The maximum atomic E-state index is 12.5. The van der Waals surface area contributed by atoms with Gasteiger partial charge in [-0.15, -0.1) is 0 Å². The smallest absolute Gasteiger partial charge is 0.339 e. The van der Waals surface area contributed by atoms with Gasteiger partial charge in [-0.25, -0.2) is 0 Å².